The van der Waals surface area contributed by atoms with Crippen LogP contribution in [0.3, 0.4) is 0 Å². The van der Waals surface area contributed by atoms with Gasteiger partial charge < -0.3 is 10.1 Å². The summed E-state index contributed by atoms with van der Waals surface area (Å²) in [6, 6.07) is 30.9. The molecule has 0 aliphatic heterocycles. The third kappa shape index (κ3) is 3.17. The summed E-state index contributed by atoms with van der Waals surface area (Å²) in [5.74, 6) is 0. The van der Waals surface area contributed by atoms with E-state index in [1.54, 1.807) is 17.7 Å². The summed E-state index contributed by atoms with van der Waals surface area (Å²) >= 11 is 1.59. The first-order valence-electron chi connectivity index (χ1n) is 11.0. The molecule has 2 heterocycles. The van der Waals surface area contributed by atoms with Crippen LogP contribution in [0.2, 0.25) is 0 Å². The first kappa shape index (κ1) is 21.4. The third-order valence-corrected chi connectivity index (χ3v) is 7.95. The molecule has 1 unspecified atom stereocenters. The first-order valence-corrected chi connectivity index (χ1v) is 11.9. The molecule has 0 fully saturated rings. The number of hydrogen-bond donors (Lipinski definition) is 2. The number of aliphatic hydroxyl groups is 1. The van der Waals surface area contributed by atoms with Crippen molar-refractivity contribution in [1.82, 2.24) is 9.97 Å². The Bertz CT molecular complexity index is 1230. The minimum Gasteiger partial charge on any atom is -0.376 e. The normalized spacial score (nSPS) is 13.5. The Kier molecular flexibility index (Phi) is 5.49. The van der Waals surface area contributed by atoms with Crippen molar-refractivity contribution in [2.24, 2.45) is 0 Å². The molecule has 164 valence electrons. The number of benzene rings is 3. The van der Waals surface area contributed by atoms with E-state index in [4.69, 9.17) is 0 Å². The second-order valence-corrected chi connectivity index (χ2v) is 9.27. The zero-order valence-corrected chi connectivity index (χ0v) is 19.5. The third-order valence-electron chi connectivity index (χ3n) is 6.65. The zero-order chi connectivity index (χ0) is 22.9. The lowest BCUT2D eigenvalue weighted by Gasteiger charge is -2.48. The fourth-order valence-corrected chi connectivity index (χ4v) is 6.23. The van der Waals surface area contributed by atoms with Crippen molar-refractivity contribution < 1.29 is 5.11 Å². The SMILES string of the molecule is Cc1csc(C(O)(c2c[nH]cn2)C(c2ccccc2)(c2ccccc2)c2ccccc2)c1C. The fraction of sp³-hybridized carbons (Fsp3) is 0.138. The molecule has 0 bridgehead atoms. The van der Waals surface area contributed by atoms with Crippen molar-refractivity contribution in [2.45, 2.75) is 24.9 Å². The molecular weight excluding hydrogens is 424 g/mol. The van der Waals surface area contributed by atoms with Crippen molar-refractivity contribution in [3.8, 4) is 0 Å². The van der Waals surface area contributed by atoms with Crippen LogP contribution >= 0.6 is 11.3 Å². The minimum atomic E-state index is -1.47. The number of aromatic nitrogens is 2. The predicted molar refractivity (Wildman–Crippen MR) is 135 cm³/mol. The molecule has 0 aliphatic rings. The highest BCUT2D eigenvalue weighted by Crippen LogP contribution is 2.56. The number of imidazole rings is 1. The van der Waals surface area contributed by atoms with Crippen molar-refractivity contribution in [1.29, 1.82) is 0 Å². The van der Waals surface area contributed by atoms with Gasteiger partial charge in [0.1, 0.15) is 0 Å². The molecule has 4 heteroatoms. The second-order valence-electron chi connectivity index (χ2n) is 8.39. The summed E-state index contributed by atoms with van der Waals surface area (Å²) in [5, 5.41) is 15.4. The summed E-state index contributed by atoms with van der Waals surface area (Å²) in [6.45, 7) is 4.18. The van der Waals surface area contributed by atoms with Crippen LogP contribution in [0.15, 0.2) is 109 Å². The van der Waals surface area contributed by atoms with E-state index >= 15 is 0 Å². The van der Waals surface area contributed by atoms with E-state index < -0.39 is 11.0 Å². The van der Waals surface area contributed by atoms with Crippen LogP contribution in [0.1, 0.15) is 38.4 Å². The maximum absolute atomic E-state index is 13.2. The van der Waals surface area contributed by atoms with Crippen molar-refractivity contribution in [3.63, 3.8) is 0 Å². The smallest absolute Gasteiger partial charge is 0.160 e. The molecule has 1 atom stereocenters. The molecule has 0 aliphatic carbocycles. The quantitative estimate of drug-likeness (QED) is 0.296. The lowest BCUT2D eigenvalue weighted by atomic mass is 9.57. The molecular formula is C29H26N2OS. The molecule has 2 aromatic heterocycles. The van der Waals surface area contributed by atoms with Crippen molar-refractivity contribution in [2.75, 3.05) is 0 Å². The summed E-state index contributed by atoms with van der Waals surface area (Å²) < 4.78 is 0. The van der Waals surface area contributed by atoms with Gasteiger partial charge in [-0.1, -0.05) is 91.0 Å². The van der Waals surface area contributed by atoms with Gasteiger partial charge in [0.2, 0.25) is 0 Å². The topological polar surface area (TPSA) is 48.9 Å². The maximum Gasteiger partial charge on any atom is 0.160 e. The number of thiophene rings is 1. The molecule has 0 spiro atoms. The molecule has 2 N–H and O–H groups in total. The summed E-state index contributed by atoms with van der Waals surface area (Å²) in [5.41, 5.74) is 3.40. The Morgan fingerprint density at radius 2 is 1.24 bits per heavy atom. The van der Waals surface area contributed by atoms with Gasteiger partial charge >= 0.3 is 0 Å². The minimum absolute atomic E-state index is 0.587. The van der Waals surface area contributed by atoms with Gasteiger partial charge in [-0.25, -0.2) is 4.98 Å². The molecule has 3 aromatic carbocycles. The van der Waals surface area contributed by atoms with Crippen LogP contribution in [0.5, 0.6) is 0 Å². The number of H-pyrrole nitrogens is 1. The van der Waals surface area contributed by atoms with E-state index in [0.717, 1.165) is 32.7 Å². The lowest BCUT2D eigenvalue weighted by Crippen LogP contribution is -2.52. The molecule has 0 saturated carbocycles. The fourth-order valence-electron chi connectivity index (χ4n) is 4.99. The van der Waals surface area contributed by atoms with Gasteiger partial charge in [0.05, 0.1) is 17.4 Å². The molecule has 3 nitrogen and oxygen atoms in total. The van der Waals surface area contributed by atoms with Gasteiger partial charge in [-0.2, -0.15) is 0 Å². The van der Waals surface area contributed by atoms with Gasteiger partial charge in [0.15, 0.2) is 5.60 Å². The first-order chi connectivity index (χ1) is 16.1. The van der Waals surface area contributed by atoms with Crippen molar-refractivity contribution >= 4 is 11.3 Å². The van der Waals surface area contributed by atoms with Crippen LogP contribution in [0.25, 0.3) is 0 Å². The summed E-state index contributed by atoms with van der Waals surface area (Å²) in [7, 11) is 0. The van der Waals surface area contributed by atoms with Crippen LogP contribution in [-0.4, -0.2) is 15.1 Å². The molecule has 33 heavy (non-hydrogen) atoms. The number of nitrogens with zero attached hydrogens (tertiary/aromatic N) is 1. The molecule has 0 radical (unpaired) electrons. The monoisotopic (exact) mass is 450 g/mol. The van der Waals surface area contributed by atoms with Crippen LogP contribution < -0.4 is 0 Å². The molecule has 0 saturated heterocycles. The summed E-state index contributed by atoms with van der Waals surface area (Å²) in [4.78, 5) is 8.64. The van der Waals surface area contributed by atoms with E-state index in [9.17, 15) is 5.11 Å². The Labute approximate surface area is 198 Å². The standard InChI is InChI=1S/C29H26N2OS/c1-21-19-33-27(22(21)2)29(32,26-18-30-20-31-26)28(23-12-6-3-7-13-23,24-14-8-4-9-15-24)25-16-10-5-11-17-25/h3-20,32H,1-2H3,(H,30,31). The highest BCUT2D eigenvalue weighted by molar-refractivity contribution is 7.10. The average Bonchev–Trinajstić information content (AvgIpc) is 3.53. The predicted octanol–water partition coefficient (Wildman–Crippen LogP) is 6.36. The Morgan fingerprint density at radius 1 is 0.758 bits per heavy atom. The van der Waals surface area contributed by atoms with E-state index in [1.807, 2.05) is 60.8 Å². The lowest BCUT2D eigenvalue weighted by molar-refractivity contribution is 0.0272. The van der Waals surface area contributed by atoms with Gasteiger partial charge in [-0.3, -0.25) is 0 Å². The van der Waals surface area contributed by atoms with Gasteiger partial charge in [0.25, 0.3) is 0 Å². The number of hydrogen-bond acceptors (Lipinski definition) is 3. The van der Waals surface area contributed by atoms with Crippen LogP contribution in [0.4, 0.5) is 0 Å². The largest absolute Gasteiger partial charge is 0.376 e. The summed E-state index contributed by atoms with van der Waals surface area (Å²) in [6.07, 6.45) is 3.46. The maximum atomic E-state index is 13.2. The zero-order valence-electron chi connectivity index (χ0n) is 18.7. The number of aryl methyl sites for hydroxylation is 1. The van der Waals surface area contributed by atoms with E-state index in [0.29, 0.717) is 5.69 Å². The van der Waals surface area contributed by atoms with E-state index in [-0.39, 0.29) is 0 Å². The number of aromatic amines is 1. The highest BCUT2D eigenvalue weighted by atomic mass is 32.1. The Hall–Kier alpha value is -3.47. The Morgan fingerprint density at radius 3 is 1.61 bits per heavy atom. The van der Waals surface area contributed by atoms with Crippen LogP contribution in [0, 0.1) is 13.8 Å². The van der Waals surface area contributed by atoms with E-state index in [1.165, 1.54) is 0 Å². The molecule has 5 aromatic rings. The van der Waals surface area contributed by atoms with Crippen LogP contribution in [-0.2, 0) is 11.0 Å². The number of nitrogens with one attached hydrogen (secondary N) is 1. The van der Waals surface area contributed by atoms with Gasteiger partial charge in [-0.15, -0.1) is 11.3 Å². The molecule has 0 amide bonds. The molecule has 5 rings (SSSR count). The highest BCUT2D eigenvalue weighted by Gasteiger charge is 2.58. The Balaban J connectivity index is 2.02. The van der Waals surface area contributed by atoms with Crippen molar-refractivity contribution in [3.05, 3.63) is 147 Å². The second kappa shape index (κ2) is 8.47. The van der Waals surface area contributed by atoms with E-state index in [2.05, 4.69) is 65.6 Å². The number of rotatable bonds is 6. The van der Waals surface area contributed by atoms with Gasteiger partial charge in [-0.05, 0) is 47.0 Å². The van der Waals surface area contributed by atoms with Gasteiger partial charge in [0, 0.05) is 11.1 Å². The average molecular weight is 451 g/mol.